The number of hydrogen-bond acceptors (Lipinski definition) is 6. The Morgan fingerprint density at radius 2 is 0.577 bits per heavy atom. The summed E-state index contributed by atoms with van der Waals surface area (Å²) in [6.45, 7) is 6.38. The minimum atomic E-state index is -0.837. The van der Waals surface area contributed by atoms with E-state index in [1.165, 1.54) is 77.0 Å². The minimum absolute atomic E-state index is 0.124. The summed E-state index contributed by atoms with van der Waals surface area (Å²) in [4.78, 5) is 38.1. The fourth-order valence-corrected chi connectivity index (χ4v) is 7.33. The molecule has 0 radical (unpaired) electrons. The highest BCUT2D eigenvalue weighted by atomic mass is 16.6. The molecule has 0 aliphatic carbocycles. The molecule has 0 fully saturated rings. The van der Waals surface area contributed by atoms with Gasteiger partial charge in [0.2, 0.25) is 0 Å². The van der Waals surface area contributed by atoms with E-state index in [2.05, 4.69) is 142 Å². The first kappa shape index (κ1) is 66.6. The third-order valence-electron chi connectivity index (χ3n) is 11.6. The van der Waals surface area contributed by atoms with Crippen LogP contribution in [0.2, 0.25) is 0 Å². The van der Waals surface area contributed by atoms with Crippen molar-refractivity contribution in [2.45, 2.75) is 245 Å². The zero-order chi connectivity index (χ0) is 51.4. The van der Waals surface area contributed by atoms with Gasteiger partial charge in [0, 0.05) is 19.3 Å². The zero-order valence-electron chi connectivity index (χ0n) is 45.7. The highest BCUT2D eigenvalue weighted by Gasteiger charge is 2.19. The van der Waals surface area contributed by atoms with Crippen LogP contribution >= 0.6 is 0 Å². The average Bonchev–Trinajstić information content (AvgIpc) is 3.37. The maximum Gasteiger partial charge on any atom is 0.306 e. The van der Waals surface area contributed by atoms with E-state index < -0.39 is 12.1 Å². The van der Waals surface area contributed by atoms with Crippen LogP contribution in [0.15, 0.2) is 134 Å². The fourth-order valence-electron chi connectivity index (χ4n) is 7.33. The van der Waals surface area contributed by atoms with Crippen LogP contribution in [-0.4, -0.2) is 37.2 Å². The number of carbonyl (C=O) groups is 3. The van der Waals surface area contributed by atoms with Gasteiger partial charge in [0.15, 0.2) is 6.10 Å². The largest absolute Gasteiger partial charge is 0.462 e. The van der Waals surface area contributed by atoms with Crippen LogP contribution in [0.3, 0.4) is 0 Å². The Balaban J connectivity index is 4.58. The molecular formula is C65H104O6. The highest BCUT2D eigenvalue weighted by Crippen LogP contribution is 2.13. The van der Waals surface area contributed by atoms with E-state index in [-0.39, 0.29) is 31.6 Å². The Morgan fingerprint density at radius 1 is 0.296 bits per heavy atom. The smallest absolute Gasteiger partial charge is 0.306 e. The minimum Gasteiger partial charge on any atom is -0.462 e. The van der Waals surface area contributed by atoms with Gasteiger partial charge in [-0.3, -0.25) is 14.4 Å². The zero-order valence-corrected chi connectivity index (χ0v) is 45.7. The Morgan fingerprint density at radius 3 is 0.915 bits per heavy atom. The van der Waals surface area contributed by atoms with Gasteiger partial charge in [0.05, 0.1) is 0 Å². The molecule has 0 aliphatic rings. The third kappa shape index (κ3) is 56.3. The topological polar surface area (TPSA) is 78.9 Å². The molecule has 0 aromatic carbocycles. The van der Waals surface area contributed by atoms with E-state index in [1.807, 2.05) is 12.2 Å². The van der Waals surface area contributed by atoms with Gasteiger partial charge >= 0.3 is 17.9 Å². The van der Waals surface area contributed by atoms with E-state index in [0.717, 1.165) is 116 Å². The van der Waals surface area contributed by atoms with Crippen LogP contribution in [0.1, 0.15) is 239 Å². The Hall–Kier alpha value is -4.45. The number of rotatable bonds is 50. The monoisotopic (exact) mass is 981 g/mol. The molecule has 6 heteroatoms. The van der Waals surface area contributed by atoms with Crippen molar-refractivity contribution < 1.29 is 28.6 Å². The number of hydrogen-bond donors (Lipinski definition) is 0. The number of esters is 3. The van der Waals surface area contributed by atoms with Crippen LogP contribution in [-0.2, 0) is 28.6 Å². The van der Waals surface area contributed by atoms with Crippen LogP contribution < -0.4 is 0 Å². The predicted octanol–water partition coefficient (Wildman–Crippen LogP) is 19.4. The van der Waals surface area contributed by atoms with Crippen molar-refractivity contribution >= 4 is 17.9 Å². The lowest BCUT2D eigenvalue weighted by atomic mass is 10.1. The summed E-state index contributed by atoms with van der Waals surface area (Å²) >= 11 is 0. The number of ether oxygens (including phenoxy) is 3. The predicted molar refractivity (Wildman–Crippen MR) is 306 cm³/mol. The first-order chi connectivity index (χ1) is 35.0. The standard InChI is InChI=1S/C65H104O6/c1-4-7-10-13-16-19-22-25-28-31-32-35-38-41-44-47-50-53-56-59-65(68)71-62(60-69-63(66)57-54-51-48-45-42-39-36-33-29-26-23-20-17-14-11-8-5-2)61-70-64(67)58-55-52-49-46-43-40-37-34-30-27-24-21-18-15-12-9-6-3/h8,11,16-21,25-30,32,35-36,39,41,44,50,53,62H,4-7,9-10,12-15,22-24,31,33-34,37-38,40,42-43,45-49,51-52,54-61H2,1-3H3/b11-8-,19-16-,20-17-,21-18-,28-25-,29-26-,30-27-,35-32-,39-36-,44-41-,53-50-/t62-/m1/s1. The van der Waals surface area contributed by atoms with Gasteiger partial charge in [0.1, 0.15) is 13.2 Å². The van der Waals surface area contributed by atoms with Gasteiger partial charge in [-0.25, -0.2) is 0 Å². The van der Waals surface area contributed by atoms with Gasteiger partial charge in [-0.2, -0.15) is 0 Å². The number of carbonyl (C=O) groups excluding carboxylic acids is 3. The molecule has 0 N–H and O–H groups in total. The van der Waals surface area contributed by atoms with Crippen molar-refractivity contribution in [1.82, 2.24) is 0 Å². The molecule has 71 heavy (non-hydrogen) atoms. The van der Waals surface area contributed by atoms with Crippen LogP contribution in [0, 0.1) is 0 Å². The van der Waals surface area contributed by atoms with Crippen molar-refractivity contribution in [1.29, 1.82) is 0 Å². The first-order valence-corrected chi connectivity index (χ1v) is 28.7. The highest BCUT2D eigenvalue weighted by molar-refractivity contribution is 5.71. The third-order valence-corrected chi connectivity index (χ3v) is 11.6. The lowest BCUT2D eigenvalue weighted by Crippen LogP contribution is -2.30. The Labute approximate surface area is 436 Å². The van der Waals surface area contributed by atoms with E-state index in [1.54, 1.807) is 0 Å². The van der Waals surface area contributed by atoms with Gasteiger partial charge in [-0.1, -0.05) is 225 Å². The fraction of sp³-hybridized carbons (Fsp3) is 0.615. The molecule has 0 amide bonds. The van der Waals surface area contributed by atoms with Crippen molar-refractivity contribution in [3.8, 4) is 0 Å². The maximum atomic E-state index is 12.8. The van der Waals surface area contributed by atoms with Crippen molar-refractivity contribution in [2.24, 2.45) is 0 Å². The molecule has 0 unspecified atom stereocenters. The normalized spacial score (nSPS) is 13.1. The Kier molecular flexibility index (Phi) is 54.5. The molecule has 0 heterocycles. The number of unbranched alkanes of at least 4 members (excludes halogenated alkanes) is 17. The van der Waals surface area contributed by atoms with Crippen molar-refractivity contribution in [2.75, 3.05) is 13.2 Å². The molecule has 0 bridgehead atoms. The van der Waals surface area contributed by atoms with Crippen LogP contribution in [0.25, 0.3) is 0 Å². The second kappa shape index (κ2) is 58.1. The molecule has 0 rings (SSSR count). The van der Waals surface area contributed by atoms with E-state index in [4.69, 9.17) is 14.2 Å². The molecule has 0 spiro atoms. The van der Waals surface area contributed by atoms with E-state index in [0.29, 0.717) is 19.3 Å². The quantitative estimate of drug-likeness (QED) is 0.0262. The molecular weight excluding hydrogens is 877 g/mol. The molecule has 0 aromatic rings. The second-order valence-corrected chi connectivity index (χ2v) is 18.5. The number of allylic oxidation sites excluding steroid dienone is 22. The Bertz CT molecular complexity index is 1550. The lowest BCUT2D eigenvalue weighted by molar-refractivity contribution is -0.166. The summed E-state index contributed by atoms with van der Waals surface area (Å²) in [5.74, 6) is -1.04. The van der Waals surface area contributed by atoms with E-state index >= 15 is 0 Å². The molecule has 1 atom stereocenters. The van der Waals surface area contributed by atoms with E-state index in [9.17, 15) is 14.4 Å². The molecule has 400 valence electrons. The molecule has 0 saturated heterocycles. The van der Waals surface area contributed by atoms with Crippen LogP contribution in [0.5, 0.6) is 0 Å². The average molecular weight is 982 g/mol. The van der Waals surface area contributed by atoms with Crippen LogP contribution in [0.4, 0.5) is 0 Å². The summed E-state index contributed by atoms with van der Waals surface area (Å²) in [6.07, 6.45) is 81.6. The van der Waals surface area contributed by atoms with Crippen molar-refractivity contribution in [3.63, 3.8) is 0 Å². The van der Waals surface area contributed by atoms with Gasteiger partial charge in [-0.15, -0.1) is 0 Å². The summed E-state index contributed by atoms with van der Waals surface area (Å²) in [6, 6.07) is 0. The summed E-state index contributed by atoms with van der Waals surface area (Å²) in [5, 5.41) is 0. The molecule has 0 aromatic heterocycles. The summed E-state index contributed by atoms with van der Waals surface area (Å²) < 4.78 is 16.8. The van der Waals surface area contributed by atoms with Gasteiger partial charge in [0.25, 0.3) is 0 Å². The van der Waals surface area contributed by atoms with Crippen molar-refractivity contribution in [3.05, 3.63) is 134 Å². The first-order valence-electron chi connectivity index (χ1n) is 28.7. The molecule has 0 saturated carbocycles. The SMILES string of the molecule is CC/C=C\C/C=C\C/C=C\C/C=C\CCCCCCC(=O)OC[C@H](COC(=O)CCCCCCCCC/C=C\C/C=C\CCCCC)OC(=O)CC/C=C\C/C=C\C/C=C\C/C=C\C/C=C\CCCCC. The maximum absolute atomic E-state index is 12.8. The van der Waals surface area contributed by atoms with Gasteiger partial charge in [-0.05, 0) is 128 Å². The lowest BCUT2D eigenvalue weighted by Gasteiger charge is -2.18. The second-order valence-electron chi connectivity index (χ2n) is 18.5. The summed E-state index contributed by atoms with van der Waals surface area (Å²) in [7, 11) is 0. The summed E-state index contributed by atoms with van der Waals surface area (Å²) in [5.41, 5.74) is 0. The molecule has 0 aliphatic heterocycles. The molecule has 6 nitrogen and oxygen atoms in total. The van der Waals surface area contributed by atoms with Gasteiger partial charge < -0.3 is 14.2 Å².